The van der Waals surface area contributed by atoms with E-state index < -0.39 is 11.7 Å². The molecule has 0 saturated heterocycles. The van der Waals surface area contributed by atoms with Crippen LogP contribution in [0.15, 0.2) is 34.6 Å². The number of ether oxygens (including phenoxy) is 1. The van der Waals surface area contributed by atoms with Crippen LogP contribution in [0.5, 0.6) is 17.2 Å². The van der Waals surface area contributed by atoms with Crippen LogP contribution in [0.1, 0.15) is 38.8 Å². The fourth-order valence-corrected chi connectivity index (χ4v) is 3.90. The van der Waals surface area contributed by atoms with Crippen LogP contribution in [0, 0.1) is 0 Å². The second-order valence-electron chi connectivity index (χ2n) is 8.49. The molecule has 0 amide bonds. The summed E-state index contributed by atoms with van der Waals surface area (Å²) in [5.41, 5.74) is 1.65. The SMILES string of the molecule is CC(C)=CCc1c2c(c(O)c3c(=O)c4cccc(O)c4[nH]c13)C[C@@H](C(C)(C)O)O2. The van der Waals surface area contributed by atoms with Gasteiger partial charge in [0.2, 0.25) is 5.43 Å². The van der Waals surface area contributed by atoms with Gasteiger partial charge in [0.1, 0.15) is 23.4 Å². The van der Waals surface area contributed by atoms with Gasteiger partial charge in [0, 0.05) is 17.5 Å². The van der Waals surface area contributed by atoms with Crippen molar-refractivity contribution in [1.29, 1.82) is 0 Å². The largest absolute Gasteiger partial charge is 0.507 e. The first-order chi connectivity index (χ1) is 13.6. The fourth-order valence-electron chi connectivity index (χ4n) is 3.90. The third kappa shape index (κ3) is 3.04. The zero-order chi connectivity index (χ0) is 21.1. The topological polar surface area (TPSA) is 103 Å². The molecule has 0 radical (unpaired) electrons. The highest BCUT2D eigenvalue weighted by atomic mass is 16.5. The van der Waals surface area contributed by atoms with Crippen LogP contribution in [-0.4, -0.2) is 32.0 Å². The van der Waals surface area contributed by atoms with Crippen LogP contribution in [-0.2, 0) is 12.8 Å². The number of aliphatic hydroxyl groups is 1. The van der Waals surface area contributed by atoms with Crippen molar-refractivity contribution in [2.45, 2.75) is 52.2 Å². The van der Waals surface area contributed by atoms with Crippen molar-refractivity contribution in [3.05, 3.63) is 51.2 Å². The van der Waals surface area contributed by atoms with E-state index in [0.717, 1.165) is 11.1 Å². The first kappa shape index (κ1) is 19.3. The van der Waals surface area contributed by atoms with Gasteiger partial charge in [0.15, 0.2) is 0 Å². The predicted molar refractivity (Wildman–Crippen MR) is 113 cm³/mol. The van der Waals surface area contributed by atoms with Crippen LogP contribution in [0.25, 0.3) is 21.8 Å². The number of fused-ring (bicyclic) bond motifs is 3. The molecule has 0 saturated carbocycles. The summed E-state index contributed by atoms with van der Waals surface area (Å²) in [6.07, 6.45) is 2.26. The lowest BCUT2D eigenvalue weighted by Crippen LogP contribution is -2.39. The average Bonchev–Trinajstić information content (AvgIpc) is 3.08. The van der Waals surface area contributed by atoms with Crippen molar-refractivity contribution in [1.82, 2.24) is 4.98 Å². The molecule has 0 aliphatic carbocycles. The predicted octanol–water partition coefficient (Wildman–Crippen LogP) is 3.68. The van der Waals surface area contributed by atoms with Crippen LogP contribution < -0.4 is 10.2 Å². The van der Waals surface area contributed by atoms with Crippen LogP contribution >= 0.6 is 0 Å². The molecule has 4 N–H and O–H groups in total. The number of phenols is 2. The van der Waals surface area contributed by atoms with E-state index in [2.05, 4.69) is 4.98 Å². The van der Waals surface area contributed by atoms with Crippen molar-refractivity contribution < 1.29 is 20.1 Å². The highest BCUT2D eigenvalue weighted by molar-refractivity contribution is 6.01. The van der Waals surface area contributed by atoms with Gasteiger partial charge in [-0.15, -0.1) is 0 Å². The number of aromatic amines is 1. The number of para-hydroxylation sites is 1. The zero-order valence-electron chi connectivity index (χ0n) is 17.0. The maximum absolute atomic E-state index is 13.2. The molecule has 152 valence electrons. The number of aromatic hydroxyl groups is 2. The number of nitrogens with one attached hydrogen (secondary N) is 1. The van der Waals surface area contributed by atoms with E-state index in [9.17, 15) is 20.1 Å². The molecule has 1 atom stereocenters. The minimum absolute atomic E-state index is 0.0371. The first-order valence-electron chi connectivity index (χ1n) is 9.66. The highest BCUT2D eigenvalue weighted by Gasteiger charge is 2.39. The van der Waals surface area contributed by atoms with Gasteiger partial charge >= 0.3 is 0 Å². The summed E-state index contributed by atoms with van der Waals surface area (Å²) in [5, 5.41) is 32.2. The lowest BCUT2D eigenvalue weighted by molar-refractivity contribution is -0.0231. The molecule has 1 aliphatic rings. The van der Waals surface area contributed by atoms with Crippen molar-refractivity contribution in [2.75, 3.05) is 0 Å². The number of pyridine rings is 1. The van der Waals surface area contributed by atoms with E-state index in [1.807, 2.05) is 19.9 Å². The Morgan fingerprint density at radius 1 is 1.28 bits per heavy atom. The number of H-pyrrole nitrogens is 1. The van der Waals surface area contributed by atoms with Crippen molar-refractivity contribution >= 4 is 21.8 Å². The van der Waals surface area contributed by atoms with Crippen LogP contribution in [0.3, 0.4) is 0 Å². The summed E-state index contributed by atoms with van der Waals surface area (Å²) in [6.45, 7) is 7.28. The monoisotopic (exact) mass is 395 g/mol. The molecule has 2 aromatic carbocycles. The third-order valence-electron chi connectivity index (χ3n) is 5.54. The third-order valence-corrected chi connectivity index (χ3v) is 5.54. The fraction of sp³-hybridized carbons (Fsp3) is 0.348. The molecule has 1 aliphatic heterocycles. The standard InChI is InChI=1S/C23H25NO5/c1-11(2)8-9-13-19-17(20(26)12-6-5-7-15(25)18(12)24-19)21(27)14-10-16(23(3,4)28)29-22(13)14/h5-8,16,25,27-28H,9-10H2,1-4H3,(H,24,26)/t16-/m0/s1. The summed E-state index contributed by atoms with van der Waals surface area (Å²) in [7, 11) is 0. The van der Waals surface area contributed by atoms with Gasteiger partial charge in [0.05, 0.1) is 27.4 Å². The number of hydrogen-bond donors (Lipinski definition) is 4. The Bertz CT molecular complexity index is 1230. The van der Waals surface area contributed by atoms with E-state index in [0.29, 0.717) is 40.6 Å². The average molecular weight is 395 g/mol. The summed E-state index contributed by atoms with van der Waals surface area (Å²) in [5.74, 6) is 0.323. The Hall–Kier alpha value is -2.99. The number of hydrogen-bond acceptors (Lipinski definition) is 5. The molecule has 4 rings (SSSR count). The second-order valence-corrected chi connectivity index (χ2v) is 8.49. The zero-order valence-corrected chi connectivity index (χ0v) is 17.0. The molecule has 0 bridgehead atoms. The Kier molecular flexibility index (Phi) is 4.35. The molecule has 0 fully saturated rings. The molecule has 3 aromatic rings. The van der Waals surface area contributed by atoms with Gasteiger partial charge in [-0.3, -0.25) is 4.79 Å². The molecular weight excluding hydrogens is 370 g/mol. The minimum atomic E-state index is -1.11. The normalized spacial score (nSPS) is 16.1. The number of benzene rings is 2. The van der Waals surface area contributed by atoms with E-state index in [4.69, 9.17) is 4.74 Å². The maximum atomic E-state index is 13.2. The number of rotatable bonds is 3. The molecule has 29 heavy (non-hydrogen) atoms. The molecule has 1 aromatic heterocycles. The van der Waals surface area contributed by atoms with E-state index in [-0.39, 0.29) is 22.3 Å². The summed E-state index contributed by atoms with van der Waals surface area (Å²) >= 11 is 0. The molecule has 6 nitrogen and oxygen atoms in total. The van der Waals surface area contributed by atoms with E-state index in [1.54, 1.807) is 26.0 Å². The van der Waals surface area contributed by atoms with Crippen molar-refractivity contribution in [3.8, 4) is 17.2 Å². The van der Waals surface area contributed by atoms with Gasteiger partial charge in [-0.2, -0.15) is 0 Å². The lowest BCUT2D eigenvalue weighted by Gasteiger charge is -2.25. The van der Waals surface area contributed by atoms with Crippen LogP contribution in [0.4, 0.5) is 0 Å². The van der Waals surface area contributed by atoms with Crippen LogP contribution in [0.2, 0.25) is 0 Å². The molecular formula is C23H25NO5. The molecule has 0 unspecified atom stereocenters. The lowest BCUT2D eigenvalue weighted by atomic mass is 9.93. The number of allylic oxidation sites excluding steroid dienone is 2. The Balaban J connectivity index is 2.12. The molecule has 0 spiro atoms. The van der Waals surface area contributed by atoms with E-state index >= 15 is 0 Å². The number of aromatic nitrogens is 1. The van der Waals surface area contributed by atoms with Crippen molar-refractivity contribution in [2.24, 2.45) is 0 Å². The Morgan fingerprint density at radius 3 is 2.66 bits per heavy atom. The van der Waals surface area contributed by atoms with E-state index in [1.165, 1.54) is 6.07 Å². The first-order valence-corrected chi connectivity index (χ1v) is 9.66. The summed E-state index contributed by atoms with van der Waals surface area (Å²) < 4.78 is 6.08. The Labute approximate surface area is 168 Å². The van der Waals surface area contributed by atoms with Gasteiger partial charge in [0.25, 0.3) is 0 Å². The van der Waals surface area contributed by atoms with Gasteiger partial charge < -0.3 is 25.0 Å². The summed E-state index contributed by atoms with van der Waals surface area (Å²) in [6, 6.07) is 4.72. The highest BCUT2D eigenvalue weighted by Crippen LogP contribution is 2.46. The Morgan fingerprint density at radius 2 is 2.00 bits per heavy atom. The van der Waals surface area contributed by atoms with Gasteiger partial charge in [-0.1, -0.05) is 17.7 Å². The number of phenolic OH excluding ortho intramolecular Hbond substituents is 2. The quantitative estimate of drug-likeness (QED) is 0.400. The maximum Gasteiger partial charge on any atom is 0.201 e. The minimum Gasteiger partial charge on any atom is -0.507 e. The smallest absolute Gasteiger partial charge is 0.201 e. The van der Waals surface area contributed by atoms with Crippen molar-refractivity contribution in [3.63, 3.8) is 0 Å². The molecule has 2 heterocycles. The summed E-state index contributed by atoms with van der Waals surface area (Å²) in [4.78, 5) is 16.4. The second kappa shape index (κ2) is 6.52. The van der Waals surface area contributed by atoms with Gasteiger partial charge in [-0.05, 0) is 46.2 Å². The van der Waals surface area contributed by atoms with Gasteiger partial charge in [-0.25, -0.2) is 0 Å². The molecule has 6 heteroatoms.